The molecule has 0 bridgehead atoms. The SMILES string of the molecule is O=C(O)Cc1cc(OCCCN(Cc2cccc(C(F)(F)F)c2Cl)CC(c2ccccc2)c2ccccc2)no1. The largest absolute Gasteiger partial charge is 0.481 e. The molecule has 210 valence electrons. The maximum absolute atomic E-state index is 13.5. The normalized spacial score (nSPS) is 11.8. The molecule has 3 aromatic carbocycles. The molecule has 1 heterocycles. The fourth-order valence-corrected chi connectivity index (χ4v) is 4.78. The van der Waals surface area contributed by atoms with Gasteiger partial charge < -0.3 is 14.4 Å². The van der Waals surface area contributed by atoms with Gasteiger partial charge in [-0.25, -0.2) is 0 Å². The fourth-order valence-electron chi connectivity index (χ4n) is 4.49. The van der Waals surface area contributed by atoms with Gasteiger partial charge in [-0.15, -0.1) is 0 Å². The van der Waals surface area contributed by atoms with Crippen LogP contribution >= 0.6 is 11.6 Å². The predicted molar refractivity (Wildman–Crippen MR) is 144 cm³/mol. The second-order valence-electron chi connectivity index (χ2n) is 9.29. The van der Waals surface area contributed by atoms with Crippen molar-refractivity contribution >= 4 is 17.6 Å². The quantitative estimate of drug-likeness (QED) is 0.173. The monoisotopic (exact) mass is 572 g/mol. The minimum absolute atomic E-state index is 0.0398. The molecule has 40 heavy (non-hydrogen) atoms. The van der Waals surface area contributed by atoms with E-state index in [1.807, 2.05) is 60.7 Å². The molecule has 0 aliphatic carbocycles. The Bertz CT molecular complexity index is 1340. The van der Waals surface area contributed by atoms with E-state index in [9.17, 15) is 18.0 Å². The summed E-state index contributed by atoms with van der Waals surface area (Å²) in [5.74, 6) is -0.730. The Hall–Kier alpha value is -3.82. The second kappa shape index (κ2) is 13.5. The maximum atomic E-state index is 13.5. The van der Waals surface area contributed by atoms with Gasteiger partial charge in [0.15, 0.2) is 5.76 Å². The van der Waals surface area contributed by atoms with E-state index < -0.39 is 17.7 Å². The highest BCUT2D eigenvalue weighted by Gasteiger charge is 2.34. The topological polar surface area (TPSA) is 75.8 Å². The summed E-state index contributed by atoms with van der Waals surface area (Å²) < 4.78 is 51.2. The van der Waals surface area contributed by atoms with Gasteiger partial charge in [0.1, 0.15) is 6.42 Å². The van der Waals surface area contributed by atoms with E-state index in [0.29, 0.717) is 25.1 Å². The first kappa shape index (κ1) is 29.2. The number of nitrogens with zero attached hydrogens (tertiary/aromatic N) is 2. The van der Waals surface area contributed by atoms with E-state index in [-0.39, 0.29) is 42.2 Å². The van der Waals surface area contributed by atoms with Crippen molar-refractivity contribution in [2.45, 2.75) is 31.5 Å². The van der Waals surface area contributed by atoms with Crippen LogP contribution in [0.25, 0.3) is 0 Å². The van der Waals surface area contributed by atoms with E-state index in [4.69, 9.17) is 26.0 Å². The van der Waals surface area contributed by atoms with E-state index in [1.165, 1.54) is 12.1 Å². The summed E-state index contributed by atoms with van der Waals surface area (Å²) in [6.45, 7) is 1.45. The van der Waals surface area contributed by atoms with Crippen LogP contribution in [-0.2, 0) is 23.9 Å². The molecule has 4 rings (SSSR count). The Kier molecular flexibility index (Phi) is 9.84. The Balaban J connectivity index is 1.53. The van der Waals surface area contributed by atoms with Crippen molar-refractivity contribution in [2.24, 2.45) is 0 Å². The van der Waals surface area contributed by atoms with E-state index in [1.54, 1.807) is 6.07 Å². The lowest BCUT2D eigenvalue weighted by Crippen LogP contribution is -2.31. The minimum atomic E-state index is -4.56. The van der Waals surface area contributed by atoms with Crippen molar-refractivity contribution in [3.8, 4) is 5.88 Å². The van der Waals surface area contributed by atoms with Crippen LogP contribution < -0.4 is 4.74 Å². The summed E-state index contributed by atoms with van der Waals surface area (Å²) in [6, 6.07) is 25.3. The van der Waals surface area contributed by atoms with E-state index in [2.05, 4.69) is 10.1 Å². The fraction of sp³-hybridized carbons (Fsp3) is 0.267. The van der Waals surface area contributed by atoms with Crippen LogP contribution in [0, 0.1) is 0 Å². The molecule has 6 nitrogen and oxygen atoms in total. The van der Waals surface area contributed by atoms with Gasteiger partial charge in [0.25, 0.3) is 5.88 Å². The zero-order chi connectivity index (χ0) is 28.5. The molecule has 0 unspecified atom stereocenters. The van der Waals surface area contributed by atoms with Gasteiger partial charge in [0, 0.05) is 31.6 Å². The number of carbonyl (C=O) groups is 1. The zero-order valence-corrected chi connectivity index (χ0v) is 22.2. The third-order valence-electron chi connectivity index (χ3n) is 6.35. The van der Waals surface area contributed by atoms with Crippen molar-refractivity contribution in [1.29, 1.82) is 0 Å². The van der Waals surface area contributed by atoms with E-state index in [0.717, 1.165) is 17.2 Å². The number of aliphatic carboxylic acids is 1. The summed E-state index contributed by atoms with van der Waals surface area (Å²) in [5.41, 5.74) is 1.69. The summed E-state index contributed by atoms with van der Waals surface area (Å²) in [5, 5.41) is 12.3. The smallest absolute Gasteiger partial charge is 0.417 e. The first-order valence-corrected chi connectivity index (χ1v) is 13.1. The molecule has 0 atom stereocenters. The first-order chi connectivity index (χ1) is 19.2. The number of benzene rings is 3. The van der Waals surface area contributed by atoms with Gasteiger partial charge in [-0.2, -0.15) is 13.2 Å². The van der Waals surface area contributed by atoms with Gasteiger partial charge in [-0.3, -0.25) is 9.69 Å². The lowest BCUT2D eigenvalue weighted by atomic mass is 9.90. The van der Waals surface area contributed by atoms with Crippen LogP contribution in [0.1, 0.15) is 40.4 Å². The molecule has 0 spiro atoms. The van der Waals surface area contributed by atoms with Crippen molar-refractivity contribution in [1.82, 2.24) is 10.1 Å². The first-order valence-electron chi connectivity index (χ1n) is 12.7. The molecular formula is C30H28ClF3N2O4. The number of alkyl halides is 3. The standard InChI is InChI=1S/C30H28ClF3N2O4/c31-29-23(13-7-14-26(29)30(32,33)34)19-36(15-8-16-39-27-17-24(40-35-27)18-28(37)38)20-25(21-9-3-1-4-10-21)22-11-5-2-6-12-22/h1-7,9-14,17,25H,8,15-16,18-20H2,(H,37,38). The van der Waals surface area contributed by atoms with Crippen molar-refractivity contribution in [3.05, 3.63) is 118 Å². The number of carboxylic acids is 1. The van der Waals surface area contributed by atoms with Crippen LogP contribution in [0.3, 0.4) is 0 Å². The Labute approximate surface area is 234 Å². The number of rotatable bonds is 13. The van der Waals surface area contributed by atoms with Gasteiger partial charge in [0.2, 0.25) is 0 Å². The summed E-state index contributed by atoms with van der Waals surface area (Å²) in [7, 11) is 0. The number of hydrogen-bond donors (Lipinski definition) is 1. The molecule has 0 aliphatic rings. The highest BCUT2D eigenvalue weighted by Crippen LogP contribution is 2.37. The highest BCUT2D eigenvalue weighted by atomic mass is 35.5. The molecular weight excluding hydrogens is 545 g/mol. The van der Waals surface area contributed by atoms with Crippen molar-refractivity contribution in [3.63, 3.8) is 0 Å². The van der Waals surface area contributed by atoms with Crippen LogP contribution in [0.5, 0.6) is 5.88 Å². The number of halogens is 4. The Morgan fingerprint density at radius 1 is 1.00 bits per heavy atom. The molecule has 0 aliphatic heterocycles. The highest BCUT2D eigenvalue weighted by molar-refractivity contribution is 6.32. The third-order valence-corrected chi connectivity index (χ3v) is 6.80. The number of hydrogen-bond acceptors (Lipinski definition) is 5. The van der Waals surface area contributed by atoms with Crippen molar-refractivity contribution in [2.75, 3.05) is 19.7 Å². The summed E-state index contributed by atoms with van der Waals surface area (Å²) >= 11 is 6.26. The molecule has 1 N–H and O–H groups in total. The van der Waals surface area contributed by atoms with E-state index >= 15 is 0 Å². The molecule has 10 heteroatoms. The zero-order valence-electron chi connectivity index (χ0n) is 21.5. The average Bonchev–Trinajstić information content (AvgIpc) is 3.37. The lowest BCUT2D eigenvalue weighted by Gasteiger charge is -2.29. The molecule has 0 amide bonds. The average molecular weight is 573 g/mol. The maximum Gasteiger partial charge on any atom is 0.417 e. The van der Waals surface area contributed by atoms with Crippen LogP contribution in [0.15, 0.2) is 89.5 Å². The van der Waals surface area contributed by atoms with Crippen LogP contribution in [0.2, 0.25) is 5.02 Å². The number of ether oxygens (including phenoxy) is 1. The van der Waals surface area contributed by atoms with Gasteiger partial charge in [-0.1, -0.05) is 84.4 Å². The number of aromatic nitrogens is 1. The minimum Gasteiger partial charge on any atom is -0.481 e. The van der Waals surface area contributed by atoms with Crippen molar-refractivity contribution < 1.29 is 32.3 Å². The van der Waals surface area contributed by atoms with Gasteiger partial charge in [0.05, 0.1) is 17.2 Å². The second-order valence-corrected chi connectivity index (χ2v) is 9.67. The molecule has 0 saturated carbocycles. The Morgan fingerprint density at radius 2 is 1.65 bits per heavy atom. The van der Waals surface area contributed by atoms with Crippen LogP contribution in [0.4, 0.5) is 13.2 Å². The van der Waals surface area contributed by atoms with Gasteiger partial charge >= 0.3 is 12.1 Å². The number of carboxylic acid groups (broad SMARTS) is 1. The molecule has 4 aromatic rings. The lowest BCUT2D eigenvalue weighted by molar-refractivity contribution is -0.138. The molecule has 0 fully saturated rings. The molecule has 1 aromatic heterocycles. The molecule has 0 saturated heterocycles. The third kappa shape index (κ3) is 8.09. The summed E-state index contributed by atoms with van der Waals surface area (Å²) in [4.78, 5) is 12.9. The predicted octanol–water partition coefficient (Wildman–Crippen LogP) is 7.08. The molecule has 0 radical (unpaired) electrons. The van der Waals surface area contributed by atoms with Crippen LogP contribution in [-0.4, -0.2) is 40.8 Å². The van der Waals surface area contributed by atoms with Gasteiger partial charge in [-0.05, 0) is 34.3 Å². The summed E-state index contributed by atoms with van der Waals surface area (Å²) in [6.07, 6.45) is -4.34. The Morgan fingerprint density at radius 3 is 2.25 bits per heavy atom.